The monoisotopic (exact) mass is 506 g/mol. The van der Waals surface area contributed by atoms with E-state index in [4.69, 9.17) is 0 Å². The van der Waals surface area contributed by atoms with Crippen molar-refractivity contribution in [1.29, 1.82) is 0 Å². The molecule has 36 heavy (non-hydrogen) atoms. The Bertz CT molecular complexity index is 1580. The van der Waals surface area contributed by atoms with Crippen LogP contribution < -0.4 is 5.32 Å². The topological polar surface area (TPSA) is 93.9 Å². The Morgan fingerprint density at radius 1 is 1.14 bits per heavy atom. The number of pyridine rings is 1. The fraction of sp³-hybridized carbons (Fsp3) is 0.296. The summed E-state index contributed by atoms with van der Waals surface area (Å²) in [5.41, 5.74) is 3.55. The van der Waals surface area contributed by atoms with Crippen molar-refractivity contribution >= 4 is 32.5 Å². The van der Waals surface area contributed by atoms with Crippen molar-refractivity contribution in [2.75, 3.05) is 16.8 Å². The number of aromatic nitrogens is 3. The van der Waals surface area contributed by atoms with Gasteiger partial charge < -0.3 is 5.32 Å². The number of aryl methyl sites for hydroxylation is 1. The van der Waals surface area contributed by atoms with E-state index in [9.17, 15) is 17.6 Å². The Balaban J connectivity index is 1.64. The van der Waals surface area contributed by atoms with E-state index in [0.717, 1.165) is 5.56 Å². The van der Waals surface area contributed by atoms with Gasteiger partial charge in [0.2, 0.25) is 0 Å². The molecule has 1 fully saturated rings. The molecule has 0 spiro atoms. The molecule has 4 aromatic rings. The standard InChI is InChI=1S/C27H27FN4O3S/c1-16(2)18-8-10-19(11-9-18)29-27(33)22-14-24(21-6-4-5-7-23(21)28)30-26-25(22)17(3)31-32(26)20-12-13-36(34,35)15-20/h4-11,14,16,20H,12-13,15H2,1-3H3,(H,29,33). The lowest BCUT2D eigenvalue weighted by Crippen LogP contribution is -2.15. The van der Waals surface area contributed by atoms with Crippen LogP contribution in [0.2, 0.25) is 0 Å². The normalized spacial score (nSPS) is 17.1. The van der Waals surface area contributed by atoms with Crippen molar-refractivity contribution in [2.24, 2.45) is 0 Å². The Labute approximate surface area is 209 Å². The molecule has 5 rings (SSSR count). The van der Waals surface area contributed by atoms with Gasteiger partial charge in [-0.05, 0) is 55.2 Å². The second-order valence-electron chi connectivity index (χ2n) is 9.55. The summed E-state index contributed by atoms with van der Waals surface area (Å²) in [4.78, 5) is 18.2. The number of carbonyl (C=O) groups is 1. The first-order valence-electron chi connectivity index (χ1n) is 11.9. The van der Waals surface area contributed by atoms with Gasteiger partial charge in [-0.25, -0.2) is 22.5 Å². The van der Waals surface area contributed by atoms with Crippen LogP contribution in [0.3, 0.4) is 0 Å². The van der Waals surface area contributed by atoms with Crippen LogP contribution in [-0.4, -0.2) is 40.6 Å². The number of sulfone groups is 1. The van der Waals surface area contributed by atoms with E-state index in [0.29, 0.717) is 40.3 Å². The van der Waals surface area contributed by atoms with Gasteiger partial charge in [-0.1, -0.05) is 38.1 Å². The molecule has 2 aromatic heterocycles. The van der Waals surface area contributed by atoms with Crippen molar-refractivity contribution in [3.8, 4) is 11.3 Å². The van der Waals surface area contributed by atoms with Crippen LogP contribution in [0.25, 0.3) is 22.3 Å². The maximum Gasteiger partial charge on any atom is 0.256 e. The van der Waals surface area contributed by atoms with Gasteiger partial charge in [0.1, 0.15) is 5.82 Å². The molecule has 7 nitrogen and oxygen atoms in total. The Morgan fingerprint density at radius 2 is 1.86 bits per heavy atom. The minimum atomic E-state index is -3.18. The quantitative estimate of drug-likeness (QED) is 0.397. The Morgan fingerprint density at radius 3 is 2.50 bits per heavy atom. The Hall–Kier alpha value is -3.59. The molecule has 2 aromatic carbocycles. The molecule has 1 aliphatic rings. The van der Waals surface area contributed by atoms with Gasteiger partial charge in [-0.3, -0.25) is 4.79 Å². The highest BCUT2D eigenvalue weighted by molar-refractivity contribution is 7.91. The molecule has 9 heteroatoms. The van der Waals surface area contributed by atoms with E-state index < -0.39 is 21.7 Å². The van der Waals surface area contributed by atoms with Crippen LogP contribution in [0.15, 0.2) is 54.6 Å². The zero-order valence-corrected chi connectivity index (χ0v) is 21.1. The van der Waals surface area contributed by atoms with E-state index in [-0.39, 0.29) is 28.7 Å². The van der Waals surface area contributed by atoms with Crippen LogP contribution >= 0.6 is 0 Å². The summed E-state index contributed by atoms with van der Waals surface area (Å²) in [7, 11) is -3.18. The zero-order chi connectivity index (χ0) is 25.6. The first-order valence-corrected chi connectivity index (χ1v) is 13.7. The molecule has 1 atom stereocenters. The number of amides is 1. The van der Waals surface area contributed by atoms with E-state index >= 15 is 0 Å². The average molecular weight is 507 g/mol. The van der Waals surface area contributed by atoms with Gasteiger partial charge in [0.05, 0.1) is 39.9 Å². The van der Waals surface area contributed by atoms with Crippen molar-refractivity contribution in [3.05, 3.63) is 77.2 Å². The number of benzene rings is 2. The SMILES string of the molecule is Cc1nn(C2CCS(=O)(=O)C2)c2nc(-c3ccccc3F)cc(C(=O)Nc3ccc(C(C)C)cc3)c12. The van der Waals surface area contributed by atoms with E-state index in [2.05, 4.69) is 29.2 Å². The van der Waals surface area contributed by atoms with Crippen molar-refractivity contribution in [2.45, 2.75) is 39.2 Å². The largest absolute Gasteiger partial charge is 0.322 e. The summed E-state index contributed by atoms with van der Waals surface area (Å²) in [6.07, 6.45) is 0.411. The van der Waals surface area contributed by atoms with E-state index in [1.165, 1.54) is 6.07 Å². The highest BCUT2D eigenvalue weighted by Crippen LogP contribution is 2.33. The van der Waals surface area contributed by atoms with Crippen LogP contribution in [0.4, 0.5) is 10.1 Å². The van der Waals surface area contributed by atoms with Gasteiger partial charge in [0, 0.05) is 11.3 Å². The van der Waals surface area contributed by atoms with Crippen LogP contribution in [0.5, 0.6) is 0 Å². The summed E-state index contributed by atoms with van der Waals surface area (Å²) in [5.74, 6) is -0.445. The zero-order valence-electron chi connectivity index (χ0n) is 20.3. The molecule has 1 amide bonds. The van der Waals surface area contributed by atoms with Crippen molar-refractivity contribution < 1.29 is 17.6 Å². The second-order valence-corrected chi connectivity index (χ2v) is 11.8. The van der Waals surface area contributed by atoms with Gasteiger partial charge in [0.25, 0.3) is 5.91 Å². The lowest BCUT2D eigenvalue weighted by atomic mass is 10.0. The number of nitrogens with one attached hydrogen (secondary N) is 1. The van der Waals surface area contributed by atoms with Gasteiger partial charge in [0.15, 0.2) is 15.5 Å². The van der Waals surface area contributed by atoms with Crippen molar-refractivity contribution in [3.63, 3.8) is 0 Å². The van der Waals surface area contributed by atoms with E-state index in [1.807, 2.05) is 24.3 Å². The van der Waals surface area contributed by atoms with Gasteiger partial charge >= 0.3 is 0 Å². The molecule has 1 saturated heterocycles. The third kappa shape index (κ3) is 4.51. The molecular formula is C27H27FN4O3S. The van der Waals surface area contributed by atoms with Crippen molar-refractivity contribution in [1.82, 2.24) is 14.8 Å². The number of carbonyl (C=O) groups excluding carboxylic acids is 1. The third-order valence-corrected chi connectivity index (χ3v) is 8.37. The number of hydrogen-bond donors (Lipinski definition) is 1. The minimum Gasteiger partial charge on any atom is -0.322 e. The molecule has 1 aliphatic heterocycles. The fourth-order valence-electron chi connectivity index (χ4n) is 4.67. The highest BCUT2D eigenvalue weighted by Gasteiger charge is 2.32. The molecule has 186 valence electrons. The maximum atomic E-state index is 14.7. The highest BCUT2D eigenvalue weighted by atomic mass is 32.2. The van der Waals surface area contributed by atoms with Crippen LogP contribution in [0, 0.1) is 12.7 Å². The lowest BCUT2D eigenvalue weighted by Gasteiger charge is -2.13. The second kappa shape index (κ2) is 9.13. The van der Waals surface area contributed by atoms with Crippen LogP contribution in [-0.2, 0) is 9.84 Å². The summed E-state index contributed by atoms with van der Waals surface area (Å²) in [6.45, 7) is 5.96. The van der Waals surface area contributed by atoms with Gasteiger partial charge in [-0.15, -0.1) is 0 Å². The molecule has 0 saturated carbocycles. The number of rotatable bonds is 5. The maximum absolute atomic E-state index is 14.7. The smallest absolute Gasteiger partial charge is 0.256 e. The molecule has 3 heterocycles. The number of nitrogens with zero attached hydrogens (tertiary/aromatic N) is 3. The fourth-order valence-corrected chi connectivity index (χ4v) is 6.36. The summed E-state index contributed by atoms with van der Waals surface area (Å²) in [6, 6.07) is 15.0. The lowest BCUT2D eigenvalue weighted by molar-refractivity contribution is 0.102. The number of fused-ring (bicyclic) bond motifs is 1. The van der Waals surface area contributed by atoms with E-state index in [1.54, 1.807) is 35.9 Å². The predicted molar refractivity (Wildman–Crippen MR) is 138 cm³/mol. The molecule has 1 unspecified atom stereocenters. The first-order chi connectivity index (χ1) is 17.1. The molecule has 1 N–H and O–H groups in total. The number of halogens is 1. The predicted octanol–water partition coefficient (Wildman–Crippen LogP) is 5.28. The number of hydrogen-bond acceptors (Lipinski definition) is 5. The first kappa shape index (κ1) is 24.1. The molecule has 0 aliphatic carbocycles. The van der Waals surface area contributed by atoms with Gasteiger partial charge in [-0.2, -0.15) is 5.10 Å². The number of anilines is 1. The summed E-state index contributed by atoms with van der Waals surface area (Å²) in [5, 5.41) is 8.05. The minimum absolute atomic E-state index is 0.0431. The Kier molecular flexibility index (Phi) is 6.12. The summed E-state index contributed by atoms with van der Waals surface area (Å²) < 4.78 is 40.6. The molecule has 0 bridgehead atoms. The molecule has 0 radical (unpaired) electrons. The van der Waals surface area contributed by atoms with Crippen LogP contribution in [0.1, 0.15) is 53.8 Å². The molecular weight excluding hydrogens is 479 g/mol. The summed E-state index contributed by atoms with van der Waals surface area (Å²) >= 11 is 0. The third-order valence-electron chi connectivity index (χ3n) is 6.62. The average Bonchev–Trinajstić information content (AvgIpc) is 3.37.